The van der Waals surface area contributed by atoms with Crippen LogP contribution in [-0.2, 0) is 0 Å². The molecule has 0 bridgehead atoms. The van der Waals surface area contributed by atoms with Crippen LogP contribution >= 0.6 is 0 Å². The van der Waals surface area contributed by atoms with Crippen LogP contribution in [0, 0.1) is 5.92 Å². The van der Waals surface area contributed by atoms with E-state index in [1.165, 1.54) is 0 Å². The first-order valence-corrected chi connectivity index (χ1v) is 5.58. The molecule has 0 aliphatic carbocycles. The largest absolute Gasteiger partial charge is 0.320 e. The van der Waals surface area contributed by atoms with Crippen LogP contribution in [0.2, 0.25) is 0 Å². The van der Waals surface area contributed by atoms with Gasteiger partial charge in [0.1, 0.15) is 0 Å². The zero-order valence-corrected chi connectivity index (χ0v) is 10.9. The smallest absolute Gasteiger partial charge is 0.0270 e. The van der Waals surface area contributed by atoms with E-state index in [0.29, 0.717) is 5.92 Å². The molecule has 0 saturated carbocycles. The lowest BCUT2D eigenvalue weighted by atomic mass is 10.1. The van der Waals surface area contributed by atoms with Gasteiger partial charge in [-0.2, -0.15) is 0 Å². The molecule has 0 amide bonds. The maximum Gasteiger partial charge on any atom is 0.0270 e. The topological polar surface area (TPSA) is 36.1 Å². The molecule has 15 heavy (non-hydrogen) atoms. The van der Waals surface area contributed by atoms with Crippen LogP contribution in [0.5, 0.6) is 0 Å². The SMILES string of the molecule is C=C(C)NNC(=C)C(C)CCNC.CC.[HH]. The Hall–Kier alpha value is -0.960. The van der Waals surface area contributed by atoms with Crippen LogP contribution in [0.1, 0.15) is 35.5 Å². The van der Waals surface area contributed by atoms with Crippen LogP contribution < -0.4 is 16.2 Å². The third-order valence-electron chi connectivity index (χ3n) is 1.86. The van der Waals surface area contributed by atoms with E-state index in [4.69, 9.17) is 0 Å². The number of allylic oxidation sites excluding steroid dienone is 2. The molecule has 0 rings (SSSR count). The van der Waals surface area contributed by atoms with E-state index in [1.807, 2.05) is 27.8 Å². The van der Waals surface area contributed by atoms with Gasteiger partial charge >= 0.3 is 0 Å². The summed E-state index contributed by atoms with van der Waals surface area (Å²) in [7, 11) is 1.95. The van der Waals surface area contributed by atoms with E-state index < -0.39 is 0 Å². The van der Waals surface area contributed by atoms with E-state index in [0.717, 1.165) is 24.4 Å². The first-order chi connectivity index (χ1) is 7.07. The Balaban J connectivity index is -0.000000529. The summed E-state index contributed by atoms with van der Waals surface area (Å²) in [6, 6.07) is 0. The van der Waals surface area contributed by atoms with E-state index >= 15 is 0 Å². The molecule has 0 aromatic rings. The Morgan fingerprint density at radius 1 is 1.27 bits per heavy atom. The molecule has 3 heteroatoms. The van der Waals surface area contributed by atoms with Crippen LogP contribution in [0.3, 0.4) is 0 Å². The van der Waals surface area contributed by atoms with E-state index in [2.05, 4.69) is 36.2 Å². The number of nitrogens with one attached hydrogen (secondary N) is 3. The van der Waals surface area contributed by atoms with Crippen molar-refractivity contribution in [3.05, 3.63) is 24.6 Å². The van der Waals surface area contributed by atoms with Crippen molar-refractivity contribution in [2.75, 3.05) is 13.6 Å². The van der Waals surface area contributed by atoms with Gasteiger partial charge in [0.2, 0.25) is 0 Å². The number of hydrazine groups is 1. The quantitative estimate of drug-likeness (QED) is 0.571. The summed E-state index contributed by atoms with van der Waals surface area (Å²) in [6.45, 7) is 16.7. The minimum Gasteiger partial charge on any atom is -0.320 e. The van der Waals surface area contributed by atoms with Gasteiger partial charge in [-0.15, -0.1) is 0 Å². The fraction of sp³-hybridized carbons (Fsp3) is 0.667. The molecular formula is C12H29N3. The lowest BCUT2D eigenvalue weighted by Gasteiger charge is -2.17. The summed E-state index contributed by atoms with van der Waals surface area (Å²) in [6.07, 6.45) is 1.08. The van der Waals surface area contributed by atoms with Gasteiger partial charge in [0, 0.05) is 12.8 Å². The summed E-state index contributed by atoms with van der Waals surface area (Å²) in [5.74, 6) is 0.458. The molecule has 0 heterocycles. The summed E-state index contributed by atoms with van der Waals surface area (Å²) >= 11 is 0. The molecular weight excluding hydrogens is 186 g/mol. The maximum atomic E-state index is 3.94. The number of rotatable bonds is 7. The second-order valence-corrected chi connectivity index (χ2v) is 3.35. The number of hydrogen-bond donors (Lipinski definition) is 3. The van der Waals surface area contributed by atoms with Crippen LogP contribution in [0.4, 0.5) is 0 Å². The van der Waals surface area contributed by atoms with Crippen molar-refractivity contribution < 1.29 is 1.43 Å². The second-order valence-electron chi connectivity index (χ2n) is 3.35. The Kier molecular flexibility index (Phi) is 12.2. The number of hydrogen-bond acceptors (Lipinski definition) is 3. The van der Waals surface area contributed by atoms with Crippen LogP contribution in [0.15, 0.2) is 24.6 Å². The summed E-state index contributed by atoms with van der Waals surface area (Å²) < 4.78 is 0. The van der Waals surface area contributed by atoms with Gasteiger partial charge in [0.25, 0.3) is 0 Å². The van der Waals surface area contributed by atoms with Crippen molar-refractivity contribution in [2.24, 2.45) is 5.92 Å². The monoisotopic (exact) mass is 215 g/mol. The highest BCUT2D eigenvalue weighted by molar-refractivity contribution is 4.97. The Morgan fingerprint density at radius 3 is 2.20 bits per heavy atom. The molecule has 0 saturated heterocycles. The fourth-order valence-corrected chi connectivity index (χ4v) is 0.845. The van der Waals surface area contributed by atoms with Crippen LogP contribution in [0.25, 0.3) is 0 Å². The average molecular weight is 215 g/mol. The van der Waals surface area contributed by atoms with E-state index in [-0.39, 0.29) is 1.43 Å². The Morgan fingerprint density at radius 2 is 1.80 bits per heavy atom. The second kappa shape index (κ2) is 11.1. The molecule has 0 aliphatic rings. The molecule has 0 aromatic heterocycles. The zero-order valence-electron chi connectivity index (χ0n) is 10.9. The minimum absolute atomic E-state index is 0. The average Bonchev–Trinajstić information content (AvgIpc) is 2.25. The Bertz CT molecular complexity index is 181. The molecule has 0 aromatic carbocycles. The first-order valence-electron chi connectivity index (χ1n) is 5.58. The molecule has 0 fully saturated rings. The van der Waals surface area contributed by atoms with Gasteiger partial charge in [-0.25, -0.2) is 0 Å². The zero-order chi connectivity index (χ0) is 12.3. The molecule has 1 atom stereocenters. The van der Waals surface area contributed by atoms with Crippen molar-refractivity contribution >= 4 is 0 Å². The van der Waals surface area contributed by atoms with Crippen molar-refractivity contribution in [1.29, 1.82) is 0 Å². The predicted molar refractivity (Wildman–Crippen MR) is 71.4 cm³/mol. The molecule has 0 aliphatic heterocycles. The highest BCUT2D eigenvalue weighted by Crippen LogP contribution is 2.07. The normalized spacial score (nSPS) is 10.7. The maximum absolute atomic E-state index is 3.94. The van der Waals surface area contributed by atoms with Gasteiger partial charge in [-0.1, -0.05) is 33.9 Å². The van der Waals surface area contributed by atoms with Crippen molar-refractivity contribution in [3.8, 4) is 0 Å². The van der Waals surface area contributed by atoms with E-state index in [1.54, 1.807) is 0 Å². The van der Waals surface area contributed by atoms with Gasteiger partial charge in [0.05, 0.1) is 0 Å². The molecule has 3 N–H and O–H groups in total. The summed E-state index contributed by atoms with van der Waals surface area (Å²) in [4.78, 5) is 0. The van der Waals surface area contributed by atoms with E-state index in [9.17, 15) is 0 Å². The minimum atomic E-state index is 0. The fourth-order valence-electron chi connectivity index (χ4n) is 0.845. The van der Waals surface area contributed by atoms with Crippen LogP contribution in [-0.4, -0.2) is 13.6 Å². The van der Waals surface area contributed by atoms with Gasteiger partial charge < -0.3 is 16.2 Å². The third kappa shape index (κ3) is 11.0. The Labute approximate surface area is 96.5 Å². The standard InChI is InChI=1S/C10H21N3.C2H6.H2/c1-8(2)12-13-10(4)9(3)6-7-11-5;1-2;/h9,11-13H,1,4,6-7H2,2-3,5H3;1-2H3;1H. The van der Waals surface area contributed by atoms with Crippen molar-refractivity contribution in [2.45, 2.75) is 34.1 Å². The lowest BCUT2D eigenvalue weighted by Crippen LogP contribution is -2.31. The summed E-state index contributed by atoms with van der Waals surface area (Å²) in [5, 5.41) is 3.11. The van der Waals surface area contributed by atoms with Gasteiger partial charge in [-0.05, 0) is 32.9 Å². The lowest BCUT2D eigenvalue weighted by molar-refractivity contribution is 0.523. The summed E-state index contributed by atoms with van der Waals surface area (Å²) in [5.41, 5.74) is 7.85. The highest BCUT2D eigenvalue weighted by atomic mass is 15.4. The first kappa shape index (κ1) is 16.5. The molecule has 0 spiro atoms. The van der Waals surface area contributed by atoms with Gasteiger partial charge in [-0.3, -0.25) is 0 Å². The molecule has 1 unspecified atom stereocenters. The highest BCUT2D eigenvalue weighted by Gasteiger charge is 2.04. The molecule has 0 radical (unpaired) electrons. The van der Waals surface area contributed by atoms with Gasteiger partial charge in [0.15, 0.2) is 0 Å². The van der Waals surface area contributed by atoms with Crippen molar-refractivity contribution in [1.82, 2.24) is 16.2 Å². The molecule has 92 valence electrons. The molecule has 3 nitrogen and oxygen atoms in total. The van der Waals surface area contributed by atoms with Crippen molar-refractivity contribution in [3.63, 3.8) is 0 Å². The third-order valence-corrected chi connectivity index (χ3v) is 1.86. The predicted octanol–water partition coefficient (Wildman–Crippen LogP) is 2.65.